The zero-order chi connectivity index (χ0) is 17.2. The number of rotatable bonds is 4. The number of nitrogens with one attached hydrogen (secondary N) is 2. The van der Waals surface area contributed by atoms with Crippen LogP contribution in [0.25, 0.3) is 11.5 Å². The fourth-order valence-corrected chi connectivity index (χ4v) is 2.96. The van der Waals surface area contributed by atoms with Gasteiger partial charge in [0.05, 0.1) is 11.3 Å². The van der Waals surface area contributed by atoms with Gasteiger partial charge in [-0.3, -0.25) is 0 Å². The lowest BCUT2D eigenvalue weighted by Crippen LogP contribution is -2.42. The van der Waals surface area contributed by atoms with Crippen LogP contribution >= 0.6 is 0 Å². The standard InChI is InChI=1S/C18H23N3O3/c1-12-13(2)24-16(20-12)14-6-5-7-15(10-14)21-17(22)19-11-18(23)8-3-4-9-18/h5-7,10,23H,3-4,8-9,11H2,1-2H3,(H2,19,21,22). The van der Waals surface area contributed by atoms with Crippen LogP contribution in [-0.4, -0.2) is 28.3 Å². The maximum Gasteiger partial charge on any atom is 0.319 e. The van der Waals surface area contributed by atoms with Crippen molar-refractivity contribution in [3.05, 3.63) is 35.7 Å². The van der Waals surface area contributed by atoms with E-state index >= 15 is 0 Å². The Morgan fingerprint density at radius 1 is 1.33 bits per heavy atom. The fourth-order valence-electron chi connectivity index (χ4n) is 2.96. The molecule has 6 nitrogen and oxygen atoms in total. The number of urea groups is 1. The average Bonchev–Trinajstić information content (AvgIpc) is 3.13. The second-order valence-corrected chi connectivity index (χ2v) is 6.48. The molecule has 1 heterocycles. The monoisotopic (exact) mass is 329 g/mol. The van der Waals surface area contributed by atoms with Crippen molar-refractivity contribution in [1.29, 1.82) is 0 Å². The van der Waals surface area contributed by atoms with Crippen molar-refractivity contribution < 1.29 is 14.3 Å². The molecule has 0 atom stereocenters. The number of oxazole rings is 1. The summed E-state index contributed by atoms with van der Waals surface area (Å²) in [6.07, 6.45) is 3.50. The molecule has 1 aliphatic rings. The highest BCUT2D eigenvalue weighted by Gasteiger charge is 2.31. The molecule has 24 heavy (non-hydrogen) atoms. The van der Waals surface area contributed by atoms with Crippen molar-refractivity contribution in [2.75, 3.05) is 11.9 Å². The number of aryl methyl sites for hydroxylation is 2. The normalized spacial score (nSPS) is 16.1. The minimum atomic E-state index is -0.758. The van der Waals surface area contributed by atoms with Crippen molar-refractivity contribution in [2.45, 2.75) is 45.1 Å². The summed E-state index contributed by atoms with van der Waals surface area (Å²) in [5.41, 5.74) is 1.55. The Balaban J connectivity index is 1.62. The second-order valence-electron chi connectivity index (χ2n) is 6.48. The van der Waals surface area contributed by atoms with E-state index in [1.807, 2.05) is 32.0 Å². The van der Waals surface area contributed by atoms with Crippen LogP contribution in [0.4, 0.5) is 10.5 Å². The molecule has 0 saturated heterocycles. The van der Waals surface area contributed by atoms with Crippen LogP contribution in [0, 0.1) is 13.8 Å². The second kappa shape index (κ2) is 6.65. The van der Waals surface area contributed by atoms with E-state index < -0.39 is 5.60 Å². The summed E-state index contributed by atoms with van der Waals surface area (Å²) in [6.45, 7) is 4.04. The highest BCUT2D eigenvalue weighted by molar-refractivity contribution is 5.89. The van der Waals surface area contributed by atoms with Gasteiger partial charge in [-0.05, 0) is 44.9 Å². The molecule has 0 aliphatic heterocycles. The van der Waals surface area contributed by atoms with Crippen molar-refractivity contribution in [3.8, 4) is 11.5 Å². The quantitative estimate of drug-likeness (QED) is 0.802. The zero-order valence-corrected chi connectivity index (χ0v) is 14.1. The average molecular weight is 329 g/mol. The molecule has 3 rings (SSSR count). The third-order valence-corrected chi connectivity index (χ3v) is 4.51. The van der Waals surface area contributed by atoms with E-state index in [2.05, 4.69) is 15.6 Å². The SMILES string of the molecule is Cc1nc(-c2cccc(NC(=O)NCC3(O)CCCC3)c2)oc1C. The molecule has 1 aromatic carbocycles. The number of aliphatic hydroxyl groups is 1. The number of carbonyl (C=O) groups is 1. The summed E-state index contributed by atoms with van der Waals surface area (Å²) >= 11 is 0. The lowest BCUT2D eigenvalue weighted by molar-refractivity contribution is 0.0506. The van der Waals surface area contributed by atoms with Crippen LogP contribution in [0.15, 0.2) is 28.7 Å². The van der Waals surface area contributed by atoms with Crippen LogP contribution in [0.1, 0.15) is 37.1 Å². The Labute approximate surface area is 141 Å². The van der Waals surface area contributed by atoms with E-state index in [4.69, 9.17) is 4.42 Å². The molecule has 6 heteroatoms. The topological polar surface area (TPSA) is 87.4 Å². The van der Waals surface area contributed by atoms with Gasteiger partial charge in [0.15, 0.2) is 0 Å². The zero-order valence-electron chi connectivity index (χ0n) is 14.1. The molecule has 2 amide bonds. The number of hydrogen-bond donors (Lipinski definition) is 3. The van der Waals surface area contributed by atoms with Gasteiger partial charge in [-0.25, -0.2) is 9.78 Å². The predicted molar refractivity (Wildman–Crippen MR) is 91.9 cm³/mol. The third kappa shape index (κ3) is 3.76. The highest BCUT2D eigenvalue weighted by Crippen LogP contribution is 2.28. The van der Waals surface area contributed by atoms with Crippen molar-refractivity contribution in [3.63, 3.8) is 0 Å². The molecular formula is C18H23N3O3. The molecule has 2 aromatic rings. The summed E-state index contributed by atoms with van der Waals surface area (Å²) in [5.74, 6) is 1.32. The number of benzene rings is 1. The van der Waals surface area contributed by atoms with Gasteiger partial charge >= 0.3 is 6.03 Å². The maximum absolute atomic E-state index is 12.0. The molecule has 0 unspecified atom stereocenters. The van der Waals surface area contributed by atoms with E-state index in [0.717, 1.165) is 42.7 Å². The van der Waals surface area contributed by atoms with E-state index in [9.17, 15) is 9.90 Å². The first-order valence-electron chi connectivity index (χ1n) is 8.27. The number of hydrogen-bond acceptors (Lipinski definition) is 4. The number of aromatic nitrogens is 1. The van der Waals surface area contributed by atoms with Crippen LogP contribution in [-0.2, 0) is 0 Å². The van der Waals surface area contributed by atoms with E-state index in [0.29, 0.717) is 11.6 Å². The lowest BCUT2D eigenvalue weighted by Gasteiger charge is -2.22. The van der Waals surface area contributed by atoms with Crippen molar-refractivity contribution >= 4 is 11.7 Å². The summed E-state index contributed by atoms with van der Waals surface area (Å²) in [6, 6.07) is 7.01. The van der Waals surface area contributed by atoms with Crippen LogP contribution in [0.3, 0.4) is 0 Å². The van der Waals surface area contributed by atoms with E-state index in [1.165, 1.54) is 0 Å². The molecule has 1 aromatic heterocycles. The van der Waals surface area contributed by atoms with Crippen LogP contribution in [0.2, 0.25) is 0 Å². The summed E-state index contributed by atoms with van der Waals surface area (Å²) in [7, 11) is 0. The Hall–Kier alpha value is -2.34. The minimum absolute atomic E-state index is 0.274. The smallest absolute Gasteiger partial charge is 0.319 e. The number of amides is 2. The van der Waals surface area contributed by atoms with Crippen LogP contribution in [0.5, 0.6) is 0 Å². The molecule has 1 aliphatic carbocycles. The molecule has 0 spiro atoms. The van der Waals surface area contributed by atoms with E-state index in [-0.39, 0.29) is 12.6 Å². The van der Waals surface area contributed by atoms with Crippen molar-refractivity contribution in [1.82, 2.24) is 10.3 Å². The van der Waals surface area contributed by atoms with Gasteiger partial charge in [0.1, 0.15) is 5.76 Å². The summed E-state index contributed by atoms with van der Waals surface area (Å²) in [5, 5.41) is 15.8. The van der Waals surface area contributed by atoms with Gasteiger partial charge in [-0.15, -0.1) is 0 Å². The Morgan fingerprint density at radius 3 is 2.75 bits per heavy atom. The molecule has 1 fully saturated rings. The first-order valence-corrected chi connectivity index (χ1v) is 8.27. The Bertz CT molecular complexity index is 713. The molecule has 128 valence electrons. The number of anilines is 1. The largest absolute Gasteiger partial charge is 0.441 e. The number of nitrogens with zero attached hydrogens (tertiary/aromatic N) is 1. The van der Waals surface area contributed by atoms with Gasteiger partial charge in [0, 0.05) is 17.8 Å². The third-order valence-electron chi connectivity index (χ3n) is 4.51. The van der Waals surface area contributed by atoms with Gasteiger partial charge in [0.2, 0.25) is 5.89 Å². The first-order chi connectivity index (χ1) is 11.5. The van der Waals surface area contributed by atoms with Gasteiger partial charge < -0.3 is 20.2 Å². The maximum atomic E-state index is 12.0. The summed E-state index contributed by atoms with van der Waals surface area (Å²) in [4.78, 5) is 16.4. The lowest BCUT2D eigenvalue weighted by atomic mass is 10.0. The predicted octanol–water partition coefficient (Wildman–Crippen LogP) is 3.39. The Kier molecular flexibility index (Phi) is 4.57. The first kappa shape index (κ1) is 16.5. The molecule has 3 N–H and O–H groups in total. The molecule has 1 saturated carbocycles. The minimum Gasteiger partial charge on any atom is -0.441 e. The van der Waals surface area contributed by atoms with Gasteiger partial charge in [-0.1, -0.05) is 18.9 Å². The van der Waals surface area contributed by atoms with Gasteiger partial charge in [-0.2, -0.15) is 0 Å². The molecule has 0 bridgehead atoms. The van der Waals surface area contributed by atoms with Crippen molar-refractivity contribution in [2.24, 2.45) is 0 Å². The highest BCUT2D eigenvalue weighted by atomic mass is 16.4. The fraction of sp³-hybridized carbons (Fsp3) is 0.444. The Morgan fingerprint density at radius 2 is 2.08 bits per heavy atom. The molecule has 0 radical (unpaired) electrons. The summed E-state index contributed by atoms with van der Waals surface area (Å²) < 4.78 is 5.62. The van der Waals surface area contributed by atoms with Crippen LogP contribution < -0.4 is 10.6 Å². The van der Waals surface area contributed by atoms with Gasteiger partial charge in [0.25, 0.3) is 0 Å². The molecular weight excluding hydrogens is 306 g/mol. The number of carbonyl (C=O) groups excluding carboxylic acids is 1. The van der Waals surface area contributed by atoms with E-state index in [1.54, 1.807) is 6.07 Å².